The molecule has 1 aliphatic rings. The van der Waals surface area contributed by atoms with Crippen molar-refractivity contribution in [1.29, 1.82) is 0 Å². The third-order valence-electron chi connectivity index (χ3n) is 3.66. The molecular formula is C14H13ClF3N5O. The highest BCUT2D eigenvalue weighted by atomic mass is 35.5. The number of aromatic nitrogens is 3. The van der Waals surface area contributed by atoms with Crippen molar-refractivity contribution in [2.45, 2.75) is 26.2 Å². The maximum atomic E-state index is 12.8. The second kappa shape index (κ2) is 5.97. The lowest BCUT2D eigenvalue weighted by Crippen LogP contribution is -2.41. The number of hydrogen-bond donors (Lipinski definition) is 1. The van der Waals surface area contributed by atoms with Gasteiger partial charge >= 0.3 is 12.2 Å². The second-order valence-electron chi connectivity index (χ2n) is 5.42. The zero-order valence-electron chi connectivity index (χ0n) is 12.6. The summed E-state index contributed by atoms with van der Waals surface area (Å²) in [6.45, 7) is 1.90. The molecule has 0 aliphatic carbocycles. The van der Waals surface area contributed by atoms with Crippen LogP contribution < -0.4 is 5.32 Å². The molecule has 0 atom stereocenters. The van der Waals surface area contributed by atoms with E-state index >= 15 is 0 Å². The lowest BCUT2D eigenvalue weighted by atomic mass is 10.2. The highest BCUT2D eigenvalue weighted by Crippen LogP contribution is 2.29. The number of aryl methyl sites for hydroxylation is 1. The number of benzene rings is 1. The summed E-state index contributed by atoms with van der Waals surface area (Å²) in [6, 6.07) is 4.72. The number of urea groups is 1. The number of nitrogens with zero attached hydrogens (tertiary/aromatic N) is 4. The van der Waals surface area contributed by atoms with Gasteiger partial charge in [0.1, 0.15) is 0 Å². The number of amides is 2. The van der Waals surface area contributed by atoms with E-state index in [1.54, 1.807) is 18.2 Å². The van der Waals surface area contributed by atoms with Gasteiger partial charge in [-0.05, 0) is 24.6 Å². The second-order valence-corrected chi connectivity index (χ2v) is 5.83. The minimum atomic E-state index is -4.56. The number of fused-ring (bicyclic) bond motifs is 1. The molecule has 24 heavy (non-hydrogen) atoms. The molecule has 0 saturated heterocycles. The number of hydrogen-bond acceptors (Lipinski definition) is 3. The van der Waals surface area contributed by atoms with Crippen molar-refractivity contribution in [3.63, 3.8) is 0 Å². The molecule has 0 bridgehead atoms. The van der Waals surface area contributed by atoms with E-state index in [1.807, 2.05) is 6.92 Å². The van der Waals surface area contributed by atoms with Gasteiger partial charge in [-0.2, -0.15) is 13.2 Å². The van der Waals surface area contributed by atoms with Gasteiger partial charge in [-0.15, -0.1) is 10.2 Å². The number of rotatable bonds is 1. The van der Waals surface area contributed by atoms with Crippen LogP contribution in [0.2, 0.25) is 5.02 Å². The Bertz CT molecular complexity index is 789. The molecule has 128 valence electrons. The van der Waals surface area contributed by atoms with Gasteiger partial charge in [-0.1, -0.05) is 17.7 Å². The van der Waals surface area contributed by atoms with Crippen LogP contribution in [-0.4, -0.2) is 32.2 Å². The molecule has 6 nitrogen and oxygen atoms in total. The van der Waals surface area contributed by atoms with E-state index in [-0.39, 0.29) is 25.5 Å². The van der Waals surface area contributed by atoms with E-state index < -0.39 is 18.0 Å². The fraction of sp³-hybridized carbons (Fsp3) is 0.357. The Morgan fingerprint density at radius 1 is 1.29 bits per heavy atom. The molecule has 2 heterocycles. The Labute approximate surface area is 140 Å². The van der Waals surface area contributed by atoms with Crippen molar-refractivity contribution in [3.8, 4) is 0 Å². The van der Waals surface area contributed by atoms with Crippen LogP contribution in [0.4, 0.5) is 23.7 Å². The van der Waals surface area contributed by atoms with E-state index in [0.717, 1.165) is 10.1 Å². The van der Waals surface area contributed by atoms with Gasteiger partial charge < -0.3 is 14.8 Å². The Morgan fingerprint density at radius 3 is 2.71 bits per heavy atom. The average Bonchev–Trinajstić information content (AvgIpc) is 2.93. The van der Waals surface area contributed by atoms with E-state index in [0.29, 0.717) is 10.7 Å². The van der Waals surface area contributed by atoms with Crippen LogP contribution in [0.15, 0.2) is 18.2 Å². The lowest BCUT2D eigenvalue weighted by Gasteiger charge is -2.28. The summed E-state index contributed by atoms with van der Waals surface area (Å²) < 4.78 is 39.4. The molecule has 1 aromatic carbocycles. The normalized spacial score (nSPS) is 14.5. The molecule has 0 unspecified atom stereocenters. The smallest absolute Gasteiger partial charge is 0.315 e. The highest BCUT2D eigenvalue weighted by molar-refractivity contribution is 6.33. The predicted octanol–water partition coefficient (Wildman–Crippen LogP) is 3.31. The standard InChI is InChI=1S/C14H13ClF3N5O/c1-8-2-3-10(9(15)6-8)19-13(24)22-4-5-23-11(7-22)20-21-12(23)14(16,17)18/h2-3,6H,4-5,7H2,1H3,(H,19,24). The fourth-order valence-electron chi connectivity index (χ4n) is 2.46. The molecule has 0 spiro atoms. The SMILES string of the molecule is Cc1ccc(NC(=O)N2CCn3c(nnc3C(F)(F)F)C2)c(Cl)c1. The van der Waals surface area contributed by atoms with E-state index in [4.69, 9.17) is 11.6 Å². The first kappa shape index (κ1) is 16.6. The molecule has 1 aliphatic heterocycles. The first-order chi connectivity index (χ1) is 11.3. The summed E-state index contributed by atoms with van der Waals surface area (Å²) in [5, 5.41) is 9.76. The Kier molecular flexibility index (Phi) is 4.12. The van der Waals surface area contributed by atoms with Crippen molar-refractivity contribution in [2.75, 3.05) is 11.9 Å². The number of carbonyl (C=O) groups is 1. The van der Waals surface area contributed by atoms with Gasteiger partial charge in [0.2, 0.25) is 5.82 Å². The highest BCUT2D eigenvalue weighted by Gasteiger charge is 2.39. The average molecular weight is 360 g/mol. The molecule has 0 radical (unpaired) electrons. The van der Waals surface area contributed by atoms with Crippen LogP contribution in [0.25, 0.3) is 0 Å². The molecule has 0 saturated carbocycles. The number of alkyl halides is 3. The van der Waals surface area contributed by atoms with Gasteiger partial charge in [-0.3, -0.25) is 0 Å². The van der Waals surface area contributed by atoms with Gasteiger partial charge in [0, 0.05) is 13.1 Å². The van der Waals surface area contributed by atoms with Crippen LogP contribution in [0.3, 0.4) is 0 Å². The van der Waals surface area contributed by atoms with Crippen LogP contribution >= 0.6 is 11.6 Å². The summed E-state index contributed by atoms with van der Waals surface area (Å²) >= 11 is 6.06. The molecule has 10 heteroatoms. The van der Waals surface area contributed by atoms with E-state index in [1.165, 1.54) is 4.90 Å². The number of anilines is 1. The lowest BCUT2D eigenvalue weighted by molar-refractivity contribution is -0.147. The number of halogens is 4. The summed E-state index contributed by atoms with van der Waals surface area (Å²) in [7, 11) is 0. The van der Waals surface area contributed by atoms with Gasteiger partial charge in [-0.25, -0.2) is 4.79 Å². The molecule has 2 aromatic rings. The van der Waals surface area contributed by atoms with Crippen molar-refractivity contribution in [3.05, 3.63) is 40.4 Å². The summed E-state index contributed by atoms with van der Waals surface area (Å²) in [6.07, 6.45) is -4.56. The third-order valence-corrected chi connectivity index (χ3v) is 3.97. The summed E-state index contributed by atoms with van der Waals surface area (Å²) in [4.78, 5) is 13.7. The summed E-state index contributed by atoms with van der Waals surface area (Å²) in [5.41, 5.74) is 1.39. The topological polar surface area (TPSA) is 63.1 Å². The third kappa shape index (κ3) is 3.16. The zero-order chi connectivity index (χ0) is 17.5. The quantitative estimate of drug-likeness (QED) is 0.849. The van der Waals surface area contributed by atoms with Crippen LogP contribution in [0.5, 0.6) is 0 Å². The maximum absolute atomic E-state index is 12.8. The van der Waals surface area contributed by atoms with Crippen molar-refractivity contribution in [2.24, 2.45) is 0 Å². The zero-order valence-corrected chi connectivity index (χ0v) is 13.3. The van der Waals surface area contributed by atoms with Gasteiger partial charge in [0.15, 0.2) is 5.82 Å². The maximum Gasteiger partial charge on any atom is 0.451 e. The molecule has 0 fully saturated rings. The molecule has 1 aromatic heterocycles. The number of carbonyl (C=O) groups excluding carboxylic acids is 1. The van der Waals surface area contributed by atoms with Crippen molar-refractivity contribution in [1.82, 2.24) is 19.7 Å². The fourth-order valence-corrected chi connectivity index (χ4v) is 2.74. The van der Waals surface area contributed by atoms with Gasteiger partial charge in [0.05, 0.1) is 17.3 Å². The Balaban J connectivity index is 1.73. The summed E-state index contributed by atoms with van der Waals surface area (Å²) in [5.74, 6) is -0.946. The Hall–Kier alpha value is -2.29. The molecule has 2 amide bonds. The minimum absolute atomic E-state index is 0.0216. The number of nitrogens with one attached hydrogen (secondary N) is 1. The van der Waals surface area contributed by atoms with Crippen molar-refractivity contribution >= 4 is 23.3 Å². The molecular weight excluding hydrogens is 347 g/mol. The van der Waals surface area contributed by atoms with Crippen molar-refractivity contribution < 1.29 is 18.0 Å². The van der Waals surface area contributed by atoms with Crippen LogP contribution in [0, 0.1) is 6.92 Å². The van der Waals surface area contributed by atoms with E-state index in [9.17, 15) is 18.0 Å². The monoisotopic (exact) mass is 359 g/mol. The van der Waals surface area contributed by atoms with Gasteiger partial charge in [0.25, 0.3) is 0 Å². The van der Waals surface area contributed by atoms with E-state index in [2.05, 4.69) is 15.5 Å². The van der Waals surface area contributed by atoms with Crippen LogP contribution in [-0.2, 0) is 19.3 Å². The predicted molar refractivity (Wildman–Crippen MR) is 80.6 cm³/mol. The largest absolute Gasteiger partial charge is 0.451 e. The first-order valence-corrected chi connectivity index (χ1v) is 7.45. The first-order valence-electron chi connectivity index (χ1n) is 7.07. The Morgan fingerprint density at radius 2 is 2.04 bits per heavy atom. The molecule has 3 rings (SSSR count). The van der Waals surface area contributed by atoms with Crippen LogP contribution in [0.1, 0.15) is 17.2 Å². The minimum Gasteiger partial charge on any atom is -0.315 e. The molecule has 1 N–H and O–H groups in total.